The lowest BCUT2D eigenvalue weighted by Crippen LogP contribution is -2.52. The van der Waals surface area contributed by atoms with Crippen LogP contribution in [0.5, 0.6) is 0 Å². The molecule has 2 aliphatic rings. The number of rotatable bonds is 7. The zero-order valence-corrected chi connectivity index (χ0v) is 16.6. The van der Waals surface area contributed by atoms with Gasteiger partial charge >= 0.3 is 0 Å². The van der Waals surface area contributed by atoms with Gasteiger partial charge in [-0.05, 0) is 25.0 Å². The fourth-order valence-electron chi connectivity index (χ4n) is 3.73. The Balaban J connectivity index is 1.34. The minimum absolute atomic E-state index is 0.0510. The largest absolute Gasteiger partial charge is 0.385 e. The van der Waals surface area contributed by atoms with Crippen molar-refractivity contribution in [1.29, 1.82) is 0 Å². The highest BCUT2D eigenvalue weighted by molar-refractivity contribution is 7.91. The first-order chi connectivity index (χ1) is 13.3. The van der Waals surface area contributed by atoms with Crippen molar-refractivity contribution in [3.05, 3.63) is 34.4 Å². The van der Waals surface area contributed by atoms with Crippen LogP contribution in [-0.4, -0.2) is 79.3 Å². The van der Waals surface area contributed by atoms with Crippen molar-refractivity contribution < 1.29 is 18.1 Å². The van der Waals surface area contributed by atoms with Crippen LogP contribution in [-0.2, 0) is 14.6 Å². The van der Waals surface area contributed by atoms with Gasteiger partial charge in [0.1, 0.15) is 0 Å². The Bertz CT molecular complexity index is 804. The summed E-state index contributed by atoms with van der Waals surface area (Å²) in [5, 5.41) is 13.8. The van der Waals surface area contributed by atoms with E-state index in [1.807, 2.05) is 4.90 Å². The molecule has 0 spiro atoms. The zero-order chi connectivity index (χ0) is 20.1. The number of anilines is 1. The van der Waals surface area contributed by atoms with E-state index in [4.69, 9.17) is 0 Å². The number of sulfone groups is 1. The Morgan fingerprint density at radius 1 is 1.18 bits per heavy atom. The van der Waals surface area contributed by atoms with Crippen LogP contribution in [0.4, 0.5) is 11.4 Å². The molecule has 154 valence electrons. The average Bonchev–Trinajstić information content (AvgIpc) is 3.05. The molecule has 0 saturated carbocycles. The number of carbonyl (C=O) groups excluding carboxylic acids is 1. The van der Waals surface area contributed by atoms with Gasteiger partial charge in [-0.2, -0.15) is 0 Å². The van der Waals surface area contributed by atoms with E-state index in [1.165, 1.54) is 12.1 Å². The van der Waals surface area contributed by atoms with Gasteiger partial charge in [0.15, 0.2) is 9.84 Å². The summed E-state index contributed by atoms with van der Waals surface area (Å²) in [5.41, 5.74) is 0.841. The molecule has 0 aromatic heterocycles. The maximum absolute atomic E-state index is 12.4. The van der Waals surface area contributed by atoms with Crippen molar-refractivity contribution in [2.75, 3.05) is 49.5 Å². The van der Waals surface area contributed by atoms with Crippen LogP contribution in [0.2, 0.25) is 0 Å². The van der Waals surface area contributed by atoms with Crippen LogP contribution in [0, 0.1) is 10.1 Å². The number of hydrogen-bond donors (Lipinski definition) is 1. The normalized spacial score (nSPS) is 22.1. The van der Waals surface area contributed by atoms with E-state index >= 15 is 0 Å². The molecule has 0 aliphatic carbocycles. The molecule has 1 aromatic rings. The number of benzene rings is 1. The summed E-state index contributed by atoms with van der Waals surface area (Å²) in [7, 11) is -2.88. The quantitative estimate of drug-likeness (QED) is 0.407. The number of nitrogens with one attached hydrogen (secondary N) is 1. The van der Waals surface area contributed by atoms with E-state index in [0.29, 0.717) is 38.9 Å². The van der Waals surface area contributed by atoms with Crippen LogP contribution in [0.25, 0.3) is 0 Å². The summed E-state index contributed by atoms with van der Waals surface area (Å²) in [4.78, 5) is 26.6. The lowest BCUT2D eigenvalue weighted by Gasteiger charge is -2.37. The molecular formula is C18H26N4O5S. The number of amides is 1. The highest BCUT2D eigenvalue weighted by atomic mass is 32.2. The highest BCUT2D eigenvalue weighted by Gasteiger charge is 2.34. The van der Waals surface area contributed by atoms with E-state index in [-0.39, 0.29) is 29.1 Å². The van der Waals surface area contributed by atoms with Gasteiger partial charge in [0, 0.05) is 63.0 Å². The highest BCUT2D eigenvalue weighted by Crippen LogP contribution is 2.20. The summed E-state index contributed by atoms with van der Waals surface area (Å²) < 4.78 is 23.2. The number of nitro groups is 1. The van der Waals surface area contributed by atoms with Crippen molar-refractivity contribution in [2.45, 2.75) is 25.3 Å². The first-order valence-electron chi connectivity index (χ1n) is 9.55. The van der Waals surface area contributed by atoms with Crippen LogP contribution in [0.15, 0.2) is 24.3 Å². The second-order valence-corrected chi connectivity index (χ2v) is 9.54. The maximum atomic E-state index is 12.4. The lowest BCUT2D eigenvalue weighted by atomic mass is 10.1. The summed E-state index contributed by atoms with van der Waals surface area (Å²) >= 11 is 0. The van der Waals surface area contributed by atoms with Gasteiger partial charge in [0.25, 0.3) is 5.69 Å². The summed E-state index contributed by atoms with van der Waals surface area (Å²) in [6, 6.07) is 6.31. The molecule has 1 atom stereocenters. The number of non-ortho nitro benzene ring substituents is 1. The molecule has 2 saturated heterocycles. The molecule has 10 heteroatoms. The second kappa shape index (κ2) is 8.87. The molecule has 1 N–H and O–H groups in total. The Hall–Kier alpha value is -2.20. The molecule has 2 fully saturated rings. The molecule has 0 bridgehead atoms. The predicted octanol–water partition coefficient (Wildman–Crippen LogP) is 1.12. The predicted molar refractivity (Wildman–Crippen MR) is 106 cm³/mol. The third-order valence-corrected chi connectivity index (χ3v) is 7.12. The minimum atomic E-state index is -2.88. The molecule has 0 radical (unpaired) electrons. The van der Waals surface area contributed by atoms with E-state index in [2.05, 4.69) is 10.2 Å². The summed E-state index contributed by atoms with van der Waals surface area (Å²) in [5.74, 6) is 0.637. The van der Waals surface area contributed by atoms with Gasteiger partial charge in [-0.3, -0.25) is 19.8 Å². The van der Waals surface area contributed by atoms with Crippen molar-refractivity contribution in [1.82, 2.24) is 9.80 Å². The topological polar surface area (TPSA) is 113 Å². The van der Waals surface area contributed by atoms with E-state index in [1.54, 1.807) is 12.1 Å². The smallest absolute Gasteiger partial charge is 0.269 e. The van der Waals surface area contributed by atoms with Crippen molar-refractivity contribution in [3.63, 3.8) is 0 Å². The average molecular weight is 410 g/mol. The Morgan fingerprint density at radius 3 is 2.43 bits per heavy atom. The van der Waals surface area contributed by atoms with Crippen molar-refractivity contribution in [3.8, 4) is 0 Å². The molecule has 3 rings (SSSR count). The van der Waals surface area contributed by atoms with Crippen LogP contribution >= 0.6 is 0 Å². The number of hydrogen-bond acceptors (Lipinski definition) is 7. The summed E-state index contributed by atoms with van der Waals surface area (Å²) in [6.45, 7) is 3.36. The fourth-order valence-corrected chi connectivity index (χ4v) is 5.49. The number of nitro benzene ring substituents is 1. The first kappa shape index (κ1) is 20.5. The number of piperazine rings is 1. The molecule has 1 unspecified atom stereocenters. The summed E-state index contributed by atoms with van der Waals surface area (Å²) in [6.07, 6.45) is 1.82. The van der Waals surface area contributed by atoms with E-state index < -0.39 is 14.8 Å². The third-order valence-electron chi connectivity index (χ3n) is 5.37. The van der Waals surface area contributed by atoms with Gasteiger partial charge < -0.3 is 10.2 Å². The van der Waals surface area contributed by atoms with Crippen LogP contribution < -0.4 is 5.32 Å². The fraction of sp³-hybridized carbons (Fsp3) is 0.611. The first-order valence-corrected chi connectivity index (χ1v) is 11.4. The molecule has 1 aromatic carbocycles. The molecular weight excluding hydrogens is 384 g/mol. The Kier molecular flexibility index (Phi) is 6.50. The lowest BCUT2D eigenvalue weighted by molar-refractivity contribution is -0.384. The van der Waals surface area contributed by atoms with E-state index in [0.717, 1.165) is 18.8 Å². The number of nitrogens with zero attached hydrogens (tertiary/aromatic N) is 3. The van der Waals surface area contributed by atoms with Crippen LogP contribution in [0.3, 0.4) is 0 Å². The van der Waals surface area contributed by atoms with Gasteiger partial charge in [-0.25, -0.2) is 8.42 Å². The Labute approximate surface area is 164 Å². The van der Waals surface area contributed by atoms with Gasteiger partial charge in [-0.15, -0.1) is 0 Å². The van der Waals surface area contributed by atoms with Gasteiger partial charge in [0.05, 0.1) is 16.4 Å². The Morgan fingerprint density at radius 2 is 1.86 bits per heavy atom. The third kappa shape index (κ3) is 5.41. The molecule has 1 amide bonds. The SMILES string of the molecule is O=C(CCCNc1ccc([N+](=O)[O-])cc1)N1CCN(C2CCS(=O)(=O)C2)CC1. The standard InChI is InChI=1S/C18H26N4O5S/c23-18(2-1-8-19-15-3-5-16(6-4-15)22(24)25)21-11-9-20(10-12-21)17-7-13-28(26,27)14-17/h3-6,17,19H,1-2,7-14H2. The van der Waals surface area contributed by atoms with Gasteiger partial charge in [0.2, 0.25) is 5.91 Å². The molecule has 28 heavy (non-hydrogen) atoms. The zero-order valence-electron chi connectivity index (χ0n) is 15.7. The number of carbonyl (C=O) groups is 1. The molecule has 2 heterocycles. The molecule has 9 nitrogen and oxygen atoms in total. The second-order valence-electron chi connectivity index (χ2n) is 7.31. The van der Waals surface area contributed by atoms with Crippen molar-refractivity contribution >= 4 is 27.1 Å². The molecule has 2 aliphatic heterocycles. The van der Waals surface area contributed by atoms with Crippen LogP contribution in [0.1, 0.15) is 19.3 Å². The van der Waals surface area contributed by atoms with Gasteiger partial charge in [-0.1, -0.05) is 0 Å². The maximum Gasteiger partial charge on any atom is 0.269 e. The monoisotopic (exact) mass is 410 g/mol. The van der Waals surface area contributed by atoms with Crippen molar-refractivity contribution in [2.24, 2.45) is 0 Å². The minimum Gasteiger partial charge on any atom is -0.385 e. The van der Waals surface area contributed by atoms with E-state index in [9.17, 15) is 23.3 Å².